The summed E-state index contributed by atoms with van der Waals surface area (Å²) in [6.45, 7) is 0.360. The summed E-state index contributed by atoms with van der Waals surface area (Å²) in [6, 6.07) is 6.12. The largest absolute Gasteiger partial charge is 0.352 e. The van der Waals surface area contributed by atoms with Crippen LogP contribution in [0.15, 0.2) is 24.3 Å². The van der Waals surface area contributed by atoms with Gasteiger partial charge in [0.15, 0.2) is 0 Å². The maximum Gasteiger partial charge on any atom is 0.322 e. The highest BCUT2D eigenvalue weighted by atomic mass is 16.2. The van der Waals surface area contributed by atoms with E-state index in [4.69, 9.17) is 0 Å². The summed E-state index contributed by atoms with van der Waals surface area (Å²) in [4.78, 5) is 45.9. The normalized spacial score (nSPS) is 19.1. The van der Waals surface area contributed by atoms with Crippen molar-refractivity contribution in [1.29, 1.82) is 0 Å². The molecule has 132 valence electrons. The fourth-order valence-electron chi connectivity index (χ4n) is 2.52. The summed E-state index contributed by atoms with van der Waals surface area (Å²) in [6.07, 6.45) is 2.33. The van der Waals surface area contributed by atoms with Crippen molar-refractivity contribution in [1.82, 2.24) is 16.0 Å². The van der Waals surface area contributed by atoms with Crippen molar-refractivity contribution >= 4 is 29.4 Å². The van der Waals surface area contributed by atoms with Gasteiger partial charge in [-0.25, -0.2) is 4.79 Å². The number of carbonyl (C=O) groups is 4. The standard InChI is InChI=1S/C17H20N4O4/c22-14(8-7-13-16(24)21-17(25)20-13)18-9-10-1-5-12(6-2-10)19-15(23)11-3-4-11/h1-2,5-6,11,13H,3-4,7-9H2,(H,18,22)(H,19,23)(H2,20,21,24,25)/t13-/m0/s1. The van der Waals surface area contributed by atoms with Gasteiger partial charge in [-0.2, -0.15) is 0 Å². The van der Waals surface area contributed by atoms with Crippen LogP contribution in [0.1, 0.15) is 31.2 Å². The van der Waals surface area contributed by atoms with Crippen LogP contribution in [-0.2, 0) is 20.9 Å². The molecular weight excluding hydrogens is 324 g/mol. The van der Waals surface area contributed by atoms with Gasteiger partial charge in [0, 0.05) is 24.6 Å². The molecule has 0 unspecified atom stereocenters. The minimum Gasteiger partial charge on any atom is -0.352 e. The quantitative estimate of drug-likeness (QED) is 0.543. The zero-order chi connectivity index (χ0) is 17.8. The summed E-state index contributed by atoms with van der Waals surface area (Å²) in [5.74, 6) is -0.378. The molecule has 1 heterocycles. The average molecular weight is 344 g/mol. The molecule has 8 heteroatoms. The first-order valence-electron chi connectivity index (χ1n) is 8.29. The molecule has 2 aliphatic rings. The van der Waals surface area contributed by atoms with Gasteiger partial charge in [-0.05, 0) is 37.0 Å². The van der Waals surface area contributed by atoms with Crippen LogP contribution in [-0.4, -0.2) is 29.8 Å². The minimum absolute atomic E-state index is 0.0593. The molecule has 1 atom stereocenters. The van der Waals surface area contributed by atoms with E-state index in [0.717, 1.165) is 24.1 Å². The first kappa shape index (κ1) is 16.9. The Morgan fingerprint density at radius 2 is 1.84 bits per heavy atom. The van der Waals surface area contributed by atoms with Gasteiger partial charge >= 0.3 is 6.03 Å². The van der Waals surface area contributed by atoms with Gasteiger partial charge in [-0.1, -0.05) is 12.1 Å². The van der Waals surface area contributed by atoms with Crippen molar-refractivity contribution in [2.45, 2.75) is 38.3 Å². The van der Waals surface area contributed by atoms with Gasteiger partial charge in [0.05, 0.1) is 0 Å². The molecule has 4 N–H and O–H groups in total. The molecule has 25 heavy (non-hydrogen) atoms. The number of rotatable bonds is 7. The third-order valence-electron chi connectivity index (χ3n) is 4.18. The van der Waals surface area contributed by atoms with Gasteiger partial charge in [-0.15, -0.1) is 0 Å². The first-order chi connectivity index (χ1) is 12.0. The van der Waals surface area contributed by atoms with Crippen molar-refractivity contribution in [3.8, 4) is 0 Å². The van der Waals surface area contributed by atoms with E-state index in [1.54, 1.807) is 12.1 Å². The van der Waals surface area contributed by atoms with E-state index in [9.17, 15) is 19.2 Å². The first-order valence-corrected chi connectivity index (χ1v) is 8.29. The summed E-state index contributed by atoms with van der Waals surface area (Å²) < 4.78 is 0. The Bertz CT molecular complexity index is 697. The smallest absolute Gasteiger partial charge is 0.322 e. The average Bonchev–Trinajstić information content (AvgIpc) is 3.38. The Morgan fingerprint density at radius 1 is 1.12 bits per heavy atom. The molecule has 0 aromatic heterocycles. The Labute approximate surface area is 144 Å². The van der Waals surface area contributed by atoms with Gasteiger partial charge in [-0.3, -0.25) is 19.7 Å². The number of hydrogen-bond acceptors (Lipinski definition) is 4. The molecule has 1 saturated carbocycles. The van der Waals surface area contributed by atoms with Crippen LogP contribution < -0.4 is 21.3 Å². The van der Waals surface area contributed by atoms with Crippen LogP contribution in [0.3, 0.4) is 0 Å². The molecule has 5 amide bonds. The zero-order valence-electron chi connectivity index (χ0n) is 13.6. The van der Waals surface area contributed by atoms with Gasteiger partial charge in [0.2, 0.25) is 11.8 Å². The second kappa shape index (κ2) is 7.33. The molecule has 2 fully saturated rings. The number of amides is 5. The number of anilines is 1. The lowest BCUT2D eigenvalue weighted by Crippen LogP contribution is -2.31. The lowest BCUT2D eigenvalue weighted by atomic mass is 10.1. The molecule has 1 aromatic rings. The van der Waals surface area contributed by atoms with E-state index in [-0.39, 0.29) is 30.6 Å². The fraction of sp³-hybridized carbons (Fsp3) is 0.412. The van der Waals surface area contributed by atoms with Crippen LogP contribution in [0.4, 0.5) is 10.5 Å². The molecule has 1 aliphatic carbocycles. The van der Waals surface area contributed by atoms with Crippen molar-refractivity contribution in [2.24, 2.45) is 5.92 Å². The van der Waals surface area contributed by atoms with E-state index in [2.05, 4.69) is 21.3 Å². The molecular formula is C17H20N4O4. The van der Waals surface area contributed by atoms with E-state index >= 15 is 0 Å². The van der Waals surface area contributed by atoms with Gasteiger partial charge in [0.1, 0.15) is 6.04 Å². The van der Waals surface area contributed by atoms with E-state index in [0.29, 0.717) is 6.54 Å². The van der Waals surface area contributed by atoms with Crippen molar-refractivity contribution in [3.63, 3.8) is 0 Å². The van der Waals surface area contributed by atoms with Crippen molar-refractivity contribution in [3.05, 3.63) is 29.8 Å². The van der Waals surface area contributed by atoms with Gasteiger partial charge < -0.3 is 16.0 Å². The number of imide groups is 1. The SMILES string of the molecule is O=C(CC[C@@H]1NC(=O)NC1=O)NCc1ccc(NC(=O)C2CC2)cc1. The Morgan fingerprint density at radius 3 is 2.44 bits per heavy atom. The number of hydrogen-bond donors (Lipinski definition) is 4. The number of nitrogens with one attached hydrogen (secondary N) is 4. The number of carbonyl (C=O) groups excluding carboxylic acids is 4. The summed E-state index contributed by atoms with van der Waals surface area (Å²) >= 11 is 0. The van der Waals surface area contributed by atoms with E-state index in [1.807, 2.05) is 12.1 Å². The molecule has 0 radical (unpaired) electrons. The monoisotopic (exact) mass is 344 g/mol. The predicted octanol–water partition coefficient (Wildman–Crippen LogP) is 0.640. The minimum atomic E-state index is -0.646. The Kier molecular flexibility index (Phi) is 4.97. The Hall–Kier alpha value is -2.90. The molecule has 0 bridgehead atoms. The lowest BCUT2D eigenvalue weighted by Gasteiger charge is -2.09. The number of benzene rings is 1. The summed E-state index contributed by atoms with van der Waals surface area (Å²) in [5, 5.41) is 10.2. The van der Waals surface area contributed by atoms with Crippen LogP contribution >= 0.6 is 0 Å². The molecule has 0 spiro atoms. The topological polar surface area (TPSA) is 116 Å². The van der Waals surface area contributed by atoms with Crippen molar-refractivity contribution in [2.75, 3.05) is 5.32 Å². The molecule has 8 nitrogen and oxygen atoms in total. The van der Waals surface area contributed by atoms with Gasteiger partial charge in [0.25, 0.3) is 5.91 Å². The van der Waals surface area contributed by atoms with E-state index < -0.39 is 18.0 Å². The highest BCUT2D eigenvalue weighted by molar-refractivity contribution is 6.04. The number of urea groups is 1. The lowest BCUT2D eigenvalue weighted by molar-refractivity contribution is -0.122. The highest BCUT2D eigenvalue weighted by Crippen LogP contribution is 2.30. The third kappa shape index (κ3) is 4.79. The second-order valence-electron chi connectivity index (χ2n) is 6.29. The summed E-state index contributed by atoms with van der Waals surface area (Å²) in [7, 11) is 0. The predicted molar refractivity (Wildman–Crippen MR) is 89.3 cm³/mol. The molecule has 1 saturated heterocycles. The molecule has 3 rings (SSSR count). The maximum absolute atomic E-state index is 11.8. The van der Waals surface area contributed by atoms with Crippen molar-refractivity contribution < 1.29 is 19.2 Å². The van der Waals surface area contributed by atoms with Crippen LogP contribution in [0, 0.1) is 5.92 Å². The Balaban J connectivity index is 1.38. The molecule has 1 aromatic carbocycles. The van der Waals surface area contributed by atoms with Crippen LogP contribution in [0.5, 0.6) is 0 Å². The third-order valence-corrected chi connectivity index (χ3v) is 4.18. The zero-order valence-corrected chi connectivity index (χ0v) is 13.6. The fourth-order valence-corrected chi connectivity index (χ4v) is 2.52. The van der Waals surface area contributed by atoms with Crippen LogP contribution in [0.2, 0.25) is 0 Å². The van der Waals surface area contributed by atoms with E-state index in [1.165, 1.54) is 0 Å². The van der Waals surface area contributed by atoms with Crippen LogP contribution in [0.25, 0.3) is 0 Å². The molecule has 1 aliphatic heterocycles. The maximum atomic E-state index is 11.8. The highest BCUT2D eigenvalue weighted by Gasteiger charge is 2.30. The summed E-state index contributed by atoms with van der Waals surface area (Å²) in [5.41, 5.74) is 1.65. The second-order valence-corrected chi connectivity index (χ2v) is 6.29.